The van der Waals surface area contributed by atoms with Crippen LogP contribution in [0.15, 0.2) is 11.6 Å². The molecule has 0 aliphatic rings. The van der Waals surface area contributed by atoms with Gasteiger partial charge in [-0.05, 0) is 19.3 Å². The molecule has 0 radical (unpaired) electrons. The van der Waals surface area contributed by atoms with Crippen molar-refractivity contribution in [1.29, 1.82) is 0 Å². The highest BCUT2D eigenvalue weighted by molar-refractivity contribution is 6.07. The first-order valence-corrected chi connectivity index (χ1v) is 2.92. The minimum atomic E-state index is -0.194. The topological polar surface area (TPSA) is 17.1 Å². The van der Waals surface area contributed by atoms with Crippen molar-refractivity contribution in [3.63, 3.8) is 0 Å². The third-order valence-electron chi connectivity index (χ3n) is 1.15. The van der Waals surface area contributed by atoms with E-state index in [0.29, 0.717) is 0 Å². The molecule has 0 N–H and O–H groups in total. The van der Waals surface area contributed by atoms with Crippen LogP contribution in [0.1, 0.15) is 20.3 Å². The molecule has 0 aromatic carbocycles. The van der Waals surface area contributed by atoms with Crippen molar-refractivity contribution in [3.05, 3.63) is 11.6 Å². The molecule has 0 aliphatic heterocycles. The van der Waals surface area contributed by atoms with Gasteiger partial charge >= 0.3 is 0 Å². The van der Waals surface area contributed by atoms with E-state index in [9.17, 15) is 4.79 Å². The fraction of sp³-hybridized carbons (Fsp3) is 0.375. The van der Waals surface area contributed by atoms with Gasteiger partial charge < -0.3 is 0 Å². The second-order valence-electron chi connectivity index (χ2n) is 1.64. The maximum atomic E-state index is 10.7. The summed E-state index contributed by atoms with van der Waals surface area (Å²) in [6.45, 7) is 3.72. The molecule has 0 spiro atoms. The van der Waals surface area contributed by atoms with Gasteiger partial charge in [-0.15, -0.1) is 6.42 Å². The van der Waals surface area contributed by atoms with Gasteiger partial charge in [0.25, 0.3) is 0 Å². The molecule has 0 heterocycles. The first-order valence-electron chi connectivity index (χ1n) is 2.92. The van der Waals surface area contributed by atoms with Gasteiger partial charge in [-0.2, -0.15) is 0 Å². The number of carbonyl (C=O) groups excluding carboxylic acids is 1. The molecule has 0 atom stereocenters. The molecule has 48 valence electrons. The summed E-state index contributed by atoms with van der Waals surface area (Å²) in [4.78, 5) is 10.7. The molecule has 0 aromatic heterocycles. The first kappa shape index (κ1) is 7.97. The minimum absolute atomic E-state index is 0.194. The van der Waals surface area contributed by atoms with Crippen molar-refractivity contribution in [2.24, 2.45) is 0 Å². The summed E-state index contributed by atoms with van der Waals surface area (Å²) in [6.07, 6.45) is 7.36. The van der Waals surface area contributed by atoms with Gasteiger partial charge in [0.2, 0.25) is 5.78 Å². The Hall–Kier alpha value is -1.03. The zero-order valence-electron chi connectivity index (χ0n) is 5.77. The van der Waals surface area contributed by atoms with Crippen molar-refractivity contribution in [2.75, 3.05) is 0 Å². The average molecular weight is 122 g/mol. The molecule has 0 unspecified atom stereocenters. The largest absolute Gasteiger partial charge is 0.280 e. The smallest absolute Gasteiger partial charge is 0.231 e. The Bertz CT molecular complexity index is 169. The van der Waals surface area contributed by atoms with Crippen LogP contribution in [0.4, 0.5) is 0 Å². The van der Waals surface area contributed by atoms with Crippen LogP contribution in [0.25, 0.3) is 0 Å². The van der Waals surface area contributed by atoms with E-state index in [1.807, 2.05) is 13.8 Å². The van der Waals surface area contributed by atoms with Gasteiger partial charge in [0.15, 0.2) is 0 Å². The SMILES string of the molecule is C#CC(=O)/C(=C/C)CC. The number of carbonyl (C=O) groups is 1. The van der Waals surface area contributed by atoms with Crippen molar-refractivity contribution < 1.29 is 4.79 Å². The standard InChI is InChI=1S/C8H10O/c1-4-7(5-2)8(9)6-3/h3-4H,5H2,1-2H3/b7-4+. The predicted molar refractivity (Wildman–Crippen MR) is 37.9 cm³/mol. The number of Topliss-reactive ketones (excluding diaryl/α,β-unsaturated/α-hetero) is 1. The van der Waals surface area contributed by atoms with Gasteiger partial charge in [0.1, 0.15) is 0 Å². The Morgan fingerprint density at radius 1 is 1.78 bits per heavy atom. The molecule has 9 heavy (non-hydrogen) atoms. The van der Waals surface area contributed by atoms with Crippen LogP contribution in [0, 0.1) is 12.3 Å². The Morgan fingerprint density at radius 3 is 2.44 bits per heavy atom. The molecule has 1 nitrogen and oxygen atoms in total. The van der Waals surface area contributed by atoms with Crippen molar-refractivity contribution in [3.8, 4) is 12.3 Å². The fourth-order valence-corrected chi connectivity index (χ4v) is 0.588. The van der Waals surface area contributed by atoms with Crippen LogP contribution in [0.5, 0.6) is 0 Å². The molecule has 0 aromatic rings. The van der Waals surface area contributed by atoms with E-state index < -0.39 is 0 Å². The number of hydrogen-bond acceptors (Lipinski definition) is 1. The van der Waals surface area contributed by atoms with E-state index in [1.165, 1.54) is 0 Å². The molecule has 0 rings (SSSR count). The summed E-state index contributed by atoms with van der Waals surface area (Å²) in [5.74, 6) is 1.87. The monoisotopic (exact) mass is 122 g/mol. The van der Waals surface area contributed by atoms with Gasteiger partial charge in [-0.25, -0.2) is 0 Å². The first-order chi connectivity index (χ1) is 4.26. The molecule has 0 fully saturated rings. The Labute approximate surface area is 55.8 Å². The number of rotatable bonds is 2. The van der Waals surface area contributed by atoms with Crippen molar-refractivity contribution >= 4 is 5.78 Å². The second kappa shape index (κ2) is 3.91. The third kappa shape index (κ3) is 2.14. The van der Waals surface area contributed by atoms with Crippen LogP contribution in [-0.2, 0) is 4.79 Å². The average Bonchev–Trinajstić information content (AvgIpc) is 1.90. The maximum Gasteiger partial charge on any atom is 0.231 e. The van der Waals surface area contributed by atoms with E-state index in [-0.39, 0.29) is 5.78 Å². The second-order valence-corrected chi connectivity index (χ2v) is 1.64. The Kier molecular flexibility index (Phi) is 3.46. The van der Waals surface area contributed by atoms with Crippen LogP contribution < -0.4 is 0 Å². The maximum absolute atomic E-state index is 10.7. The van der Waals surface area contributed by atoms with Crippen LogP contribution in [0.2, 0.25) is 0 Å². The van der Waals surface area contributed by atoms with Gasteiger partial charge in [-0.1, -0.05) is 13.0 Å². The highest BCUT2D eigenvalue weighted by atomic mass is 16.1. The highest BCUT2D eigenvalue weighted by Crippen LogP contribution is 1.99. The zero-order valence-corrected chi connectivity index (χ0v) is 5.77. The zero-order chi connectivity index (χ0) is 7.28. The lowest BCUT2D eigenvalue weighted by atomic mass is 10.1. The summed E-state index contributed by atoms with van der Waals surface area (Å²) >= 11 is 0. The number of hydrogen-bond donors (Lipinski definition) is 0. The predicted octanol–water partition coefficient (Wildman–Crippen LogP) is 1.54. The molecule has 0 aliphatic carbocycles. The number of allylic oxidation sites excluding steroid dienone is 2. The normalized spacial score (nSPS) is 10.6. The third-order valence-corrected chi connectivity index (χ3v) is 1.15. The summed E-state index contributed by atoms with van der Waals surface area (Å²) in [5, 5.41) is 0. The number of terminal acetylenes is 1. The highest BCUT2D eigenvalue weighted by Gasteiger charge is 1.99. The summed E-state index contributed by atoms with van der Waals surface area (Å²) < 4.78 is 0. The van der Waals surface area contributed by atoms with Crippen molar-refractivity contribution in [1.82, 2.24) is 0 Å². The van der Waals surface area contributed by atoms with E-state index in [0.717, 1.165) is 12.0 Å². The lowest BCUT2D eigenvalue weighted by molar-refractivity contribution is -0.110. The van der Waals surface area contributed by atoms with Gasteiger partial charge in [-0.3, -0.25) is 4.79 Å². The summed E-state index contributed by atoms with van der Waals surface area (Å²) in [5.41, 5.74) is 0.720. The van der Waals surface area contributed by atoms with E-state index in [2.05, 4.69) is 5.92 Å². The number of ketones is 1. The Morgan fingerprint density at radius 2 is 2.33 bits per heavy atom. The van der Waals surface area contributed by atoms with Crippen LogP contribution in [0.3, 0.4) is 0 Å². The van der Waals surface area contributed by atoms with Gasteiger partial charge in [0.05, 0.1) is 0 Å². The lowest BCUT2D eigenvalue weighted by Gasteiger charge is -1.92. The quantitative estimate of drug-likeness (QED) is 0.308. The summed E-state index contributed by atoms with van der Waals surface area (Å²) in [6, 6.07) is 0. The molecular formula is C8H10O. The molecule has 0 saturated carbocycles. The Balaban J connectivity index is 4.19. The molecule has 0 amide bonds. The summed E-state index contributed by atoms with van der Waals surface area (Å²) in [7, 11) is 0. The van der Waals surface area contributed by atoms with E-state index >= 15 is 0 Å². The van der Waals surface area contributed by atoms with Gasteiger partial charge in [0, 0.05) is 5.57 Å². The minimum Gasteiger partial charge on any atom is -0.280 e. The molecular weight excluding hydrogens is 112 g/mol. The fourth-order valence-electron chi connectivity index (χ4n) is 0.588. The van der Waals surface area contributed by atoms with Crippen LogP contribution >= 0.6 is 0 Å². The molecule has 0 saturated heterocycles. The van der Waals surface area contributed by atoms with Crippen LogP contribution in [-0.4, -0.2) is 5.78 Å². The van der Waals surface area contributed by atoms with E-state index in [1.54, 1.807) is 6.08 Å². The van der Waals surface area contributed by atoms with E-state index in [4.69, 9.17) is 6.42 Å². The lowest BCUT2D eigenvalue weighted by Crippen LogP contribution is -1.95. The molecule has 1 heteroatoms. The molecule has 0 bridgehead atoms. The van der Waals surface area contributed by atoms with Crippen molar-refractivity contribution in [2.45, 2.75) is 20.3 Å².